The lowest BCUT2D eigenvalue weighted by molar-refractivity contribution is -0.128. The molecule has 0 aliphatic carbocycles. The van der Waals surface area contributed by atoms with Crippen LogP contribution >= 0.6 is 0 Å². The van der Waals surface area contributed by atoms with Gasteiger partial charge in [-0.05, 0) is 29.7 Å². The maximum Gasteiger partial charge on any atom is 0.245 e. The number of likely N-dealkylation sites (tertiary alicyclic amines) is 1. The molecule has 148 valence electrons. The van der Waals surface area contributed by atoms with E-state index in [1.807, 2.05) is 42.3 Å². The molecule has 0 bridgehead atoms. The van der Waals surface area contributed by atoms with Gasteiger partial charge < -0.3 is 19.3 Å². The van der Waals surface area contributed by atoms with Crippen LogP contribution in [0.2, 0.25) is 0 Å². The zero-order valence-electron chi connectivity index (χ0n) is 16.3. The van der Waals surface area contributed by atoms with Crippen molar-refractivity contribution < 1.29 is 19.1 Å². The fourth-order valence-corrected chi connectivity index (χ4v) is 5.32. The zero-order valence-corrected chi connectivity index (χ0v) is 16.3. The van der Waals surface area contributed by atoms with Gasteiger partial charge in [0.05, 0.1) is 6.61 Å². The van der Waals surface area contributed by atoms with Gasteiger partial charge in [-0.25, -0.2) is 0 Å². The first-order chi connectivity index (χ1) is 14.1. The molecule has 1 spiro atoms. The minimum Gasteiger partial charge on any atom is -0.493 e. The largest absolute Gasteiger partial charge is 0.493 e. The first-order valence-electron chi connectivity index (χ1n) is 10.2. The van der Waals surface area contributed by atoms with E-state index in [1.165, 1.54) is 0 Å². The third-order valence-electron chi connectivity index (χ3n) is 6.99. The second kappa shape index (κ2) is 5.75. The molecular formula is C23H22N2O4. The molecule has 0 radical (unpaired) electrons. The molecule has 1 unspecified atom stereocenters. The minimum absolute atomic E-state index is 0.0454. The predicted octanol–water partition coefficient (Wildman–Crippen LogP) is 2.27. The highest BCUT2D eigenvalue weighted by Gasteiger charge is 2.57. The molecule has 2 aromatic rings. The van der Waals surface area contributed by atoms with Gasteiger partial charge in [-0.15, -0.1) is 0 Å². The monoisotopic (exact) mass is 390 g/mol. The number of ether oxygens (including phenoxy) is 2. The summed E-state index contributed by atoms with van der Waals surface area (Å²) in [6.07, 6.45) is 2.19. The summed E-state index contributed by atoms with van der Waals surface area (Å²) >= 11 is 0. The molecule has 2 atom stereocenters. The second-order valence-electron chi connectivity index (χ2n) is 8.38. The van der Waals surface area contributed by atoms with E-state index in [2.05, 4.69) is 6.07 Å². The second-order valence-corrected chi connectivity index (χ2v) is 8.38. The first-order valence-corrected chi connectivity index (χ1v) is 10.2. The van der Waals surface area contributed by atoms with E-state index in [4.69, 9.17) is 9.47 Å². The van der Waals surface area contributed by atoms with Gasteiger partial charge in [0, 0.05) is 49.8 Å². The van der Waals surface area contributed by atoms with Crippen molar-refractivity contribution in [3.63, 3.8) is 0 Å². The van der Waals surface area contributed by atoms with Gasteiger partial charge in [-0.2, -0.15) is 0 Å². The number of rotatable bonds is 2. The lowest BCUT2D eigenvalue weighted by atomic mass is 9.76. The zero-order chi connectivity index (χ0) is 19.8. The number of anilines is 1. The summed E-state index contributed by atoms with van der Waals surface area (Å²) in [6, 6.07) is 12.1. The fraction of sp³-hybridized carbons (Fsp3) is 0.391. The molecule has 6 rings (SSSR count). The highest BCUT2D eigenvalue weighted by molar-refractivity contribution is 6.11. The maximum atomic E-state index is 13.9. The number of likely N-dealkylation sites (N-methyl/N-ethyl adjacent to an activating group) is 1. The Morgan fingerprint density at radius 1 is 1.07 bits per heavy atom. The van der Waals surface area contributed by atoms with Crippen LogP contribution in [-0.2, 0) is 21.4 Å². The summed E-state index contributed by atoms with van der Waals surface area (Å²) in [5, 5.41) is 0. The lowest BCUT2D eigenvalue weighted by Gasteiger charge is -2.28. The van der Waals surface area contributed by atoms with Crippen molar-refractivity contribution in [2.45, 2.75) is 30.7 Å². The maximum absolute atomic E-state index is 13.9. The molecule has 0 saturated carbocycles. The molecule has 6 nitrogen and oxygen atoms in total. The molecule has 29 heavy (non-hydrogen) atoms. The van der Waals surface area contributed by atoms with Gasteiger partial charge in [0.2, 0.25) is 11.8 Å². The van der Waals surface area contributed by atoms with Crippen molar-refractivity contribution in [2.24, 2.45) is 0 Å². The van der Waals surface area contributed by atoms with Crippen LogP contribution in [0.4, 0.5) is 5.69 Å². The number of carbonyl (C=O) groups is 2. The highest BCUT2D eigenvalue weighted by atomic mass is 16.5. The predicted molar refractivity (Wildman–Crippen MR) is 107 cm³/mol. The van der Waals surface area contributed by atoms with Gasteiger partial charge in [0.1, 0.15) is 23.5 Å². The smallest absolute Gasteiger partial charge is 0.245 e. The van der Waals surface area contributed by atoms with E-state index in [-0.39, 0.29) is 17.9 Å². The Kier molecular flexibility index (Phi) is 3.35. The van der Waals surface area contributed by atoms with E-state index in [1.54, 1.807) is 4.90 Å². The van der Waals surface area contributed by atoms with E-state index in [0.29, 0.717) is 26.2 Å². The number of amides is 2. The Bertz CT molecular complexity index is 1060. The third kappa shape index (κ3) is 2.11. The summed E-state index contributed by atoms with van der Waals surface area (Å²) in [5.74, 6) is 1.80. The van der Waals surface area contributed by atoms with E-state index in [9.17, 15) is 9.59 Å². The van der Waals surface area contributed by atoms with Crippen LogP contribution in [0.1, 0.15) is 29.5 Å². The SMILES string of the molecule is CN1C(=O)CC[C@H]1CN1C(=O)C2(COc3cc4c(cc32)CCO4)c2ccccc21. The Balaban J connectivity index is 1.46. The molecule has 4 aliphatic rings. The third-order valence-corrected chi connectivity index (χ3v) is 6.99. The molecule has 2 aromatic carbocycles. The summed E-state index contributed by atoms with van der Waals surface area (Å²) < 4.78 is 11.7. The topological polar surface area (TPSA) is 59.1 Å². The van der Waals surface area contributed by atoms with Gasteiger partial charge >= 0.3 is 0 Å². The molecule has 4 heterocycles. The quantitative estimate of drug-likeness (QED) is 0.789. The van der Waals surface area contributed by atoms with Crippen molar-refractivity contribution in [1.82, 2.24) is 4.90 Å². The Hall–Kier alpha value is -3.02. The van der Waals surface area contributed by atoms with Gasteiger partial charge in [-0.3, -0.25) is 9.59 Å². The average molecular weight is 390 g/mol. The number of nitrogens with zero attached hydrogens (tertiary/aromatic N) is 2. The lowest BCUT2D eigenvalue weighted by Crippen LogP contribution is -2.47. The molecule has 2 amide bonds. The van der Waals surface area contributed by atoms with Gasteiger partial charge in [0.15, 0.2) is 0 Å². The molecule has 4 aliphatic heterocycles. The molecular weight excluding hydrogens is 368 g/mol. The standard InChI is InChI=1S/C23H22N2O4/c1-24-15(6-7-21(24)26)12-25-18-5-3-2-4-16(18)23(22(25)27)13-29-20-11-19-14(8-9-28-19)10-17(20)23/h2-5,10-11,15H,6-9,12-13H2,1H3/t15-,23?/m0/s1. The molecule has 6 heteroatoms. The Morgan fingerprint density at radius 2 is 1.93 bits per heavy atom. The average Bonchev–Trinajstić information content (AvgIpc) is 3.47. The number of benzene rings is 2. The van der Waals surface area contributed by atoms with Crippen molar-refractivity contribution in [3.05, 3.63) is 53.1 Å². The van der Waals surface area contributed by atoms with Crippen LogP contribution in [0.15, 0.2) is 36.4 Å². The Morgan fingerprint density at radius 3 is 2.76 bits per heavy atom. The van der Waals surface area contributed by atoms with Crippen molar-refractivity contribution >= 4 is 17.5 Å². The number of carbonyl (C=O) groups excluding carboxylic acids is 2. The summed E-state index contributed by atoms with van der Waals surface area (Å²) in [6.45, 7) is 1.49. The van der Waals surface area contributed by atoms with Crippen molar-refractivity contribution in [2.75, 3.05) is 31.7 Å². The molecule has 0 N–H and O–H groups in total. The van der Waals surface area contributed by atoms with Crippen LogP contribution in [0.5, 0.6) is 11.5 Å². The normalized spacial score (nSPS) is 26.6. The van der Waals surface area contributed by atoms with E-state index < -0.39 is 5.41 Å². The van der Waals surface area contributed by atoms with Crippen LogP contribution in [0.3, 0.4) is 0 Å². The number of fused-ring (bicyclic) bond motifs is 5. The van der Waals surface area contributed by atoms with E-state index >= 15 is 0 Å². The van der Waals surface area contributed by atoms with Gasteiger partial charge in [0.25, 0.3) is 0 Å². The summed E-state index contributed by atoms with van der Waals surface area (Å²) in [7, 11) is 1.83. The van der Waals surface area contributed by atoms with Crippen LogP contribution in [-0.4, -0.2) is 49.6 Å². The minimum atomic E-state index is -0.815. The fourth-order valence-electron chi connectivity index (χ4n) is 5.32. The van der Waals surface area contributed by atoms with Crippen LogP contribution in [0, 0.1) is 0 Å². The van der Waals surface area contributed by atoms with Crippen molar-refractivity contribution in [3.8, 4) is 11.5 Å². The summed E-state index contributed by atoms with van der Waals surface area (Å²) in [4.78, 5) is 29.6. The number of hydrogen-bond acceptors (Lipinski definition) is 4. The van der Waals surface area contributed by atoms with Crippen molar-refractivity contribution in [1.29, 1.82) is 0 Å². The molecule has 0 aromatic heterocycles. The van der Waals surface area contributed by atoms with Gasteiger partial charge in [-0.1, -0.05) is 18.2 Å². The first kappa shape index (κ1) is 16.9. The summed E-state index contributed by atoms with van der Waals surface area (Å²) in [5.41, 5.74) is 3.19. The molecule has 1 saturated heterocycles. The van der Waals surface area contributed by atoms with Crippen LogP contribution in [0.25, 0.3) is 0 Å². The molecule has 1 fully saturated rings. The number of hydrogen-bond donors (Lipinski definition) is 0. The van der Waals surface area contributed by atoms with Crippen LogP contribution < -0.4 is 14.4 Å². The highest BCUT2D eigenvalue weighted by Crippen LogP contribution is 2.54. The van der Waals surface area contributed by atoms with E-state index in [0.717, 1.165) is 46.7 Å². The number of para-hydroxylation sites is 1. The Labute approximate surface area is 169 Å².